The summed E-state index contributed by atoms with van der Waals surface area (Å²) in [4.78, 5) is 0. The van der Waals surface area contributed by atoms with Gasteiger partial charge >= 0.3 is 24.7 Å². The summed E-state index contributed by atoms with van der Waals surface area (Å²) in [5.74, 6) is -1.86. The summed E-state index contributed by atoms with van der Waals surface area (Å²) < 4.78 is 160. The number of halogens is 12. The molecule has 1 heterocycles. The lowest BCUT2D eigenvalue weighted by Gasteiger charge is -2.38. The monoisotopic (exact) mass is 414 g/mol. The first kappa shape index (κ1) is 22.5. The topological polar surface area (TPSA) is 24.5 Å². The van der Waals surface area contributed by atoms with E-state index in [1.54, 1.807) is 0 Å². The van der Waals surface area contributed by atoms with Gasteiger partial charge in [0.1, 0.15) is 0 Å². The van der Waals surface area contributed by atoms with Gasteiger partial charge in [0.2, 0.25) is 11.9 Å². The fraction of sp³-hybridized carbons (Fsp3) is 0.818. The number of rotatable bonds is 3. The average Bonchev–Trinajstić information content (AvgIpc) is 2.60. The van der Waals surface area contributed by atoms with Gasteiger partial charge in [-0.2, -0.15) is 52.7 Å². The van der Waals surface area contributed by atoms with Gasteiger partial charge in [-0.1, -0.05) is 0 Å². The lowest BCUT2D eigenvalue weighted by atomic mass is 9.91. The zero-order valence-electron chi connectivity index (χ0n) is 12.7. The van der Waals surface area contributed by atoms with Gasteiger partial charge in [0.25, 0.3) is 5.54 Å². The molecule has 0 spiro atoms. The van der Waals surface area contributed by atoms with Gasteiger partial charge in [-0.3, -0.25) is 5.01 Å². The molecule has 0 amide bonds. The van der Waals surface area contributed by atoms with Crippen molar-refractivity contribution in [2.24, 2.45) is 0 Å². The molecule has 0 aromatic carbocycles. The maximum absolute atomic E-state index is 13.1. The maximum Gasteiger partial charge on any atom is 0.421 e. The normalized spacial score (nSPS) is 19.6. The van der Waals surface area contributed by atoms with Crippen molar-refractivity contribution in [3.8, 4) is 0 Å². The minimum Gasteiger partial charge on any atom is -0.478 e. The molecule has 26 heavy (non-hydrogen) atoms. The predicted octanol–water partition coefficient (Wildman–Crippen LogP) is 4.43. The van der Waals surface area contributed by atoms with Crippen LogP contribution in [0, 0.1) is 0 Å². The third-order valence-corrected chi connectivity index (χ3v) is 3.40. The van der Waals surface area contributed by atoms with Gasteiger partial charge in [0, 0.05) is 5.57 Å². The summed E-state index contributed by atoms with van der Waals surface area (Å²) >= 11 is 0. The van der Waals surface area contributed by atoms with Gasteiger partial charge in [-0.25, -0.2) is 5.43 Å². The fourth-order valence-electron chi connectivity index (χ4n) is 2.34. The van der Waals surface area contributed by atoms with Gasteiger partial charge in [0.15, 0.2) is 0 Å². The number of hydrogen-bond acceptors (Lipinski definition) is 3. The minimum absolute atomic E-state index is 0.0861. The molecule has 0 fully saturated rings. The molecule has 0 aliphatic carbocycles. The maximum atomic E-state index is 13.1. The zero-order chi connectivity index (χ0) is 20.9. The molecule has 154 valence electrons. The van der Waals surface area contributed by atoms with Crippen LogP contribution in [-0.2, 0) is 4.74 Å². The summed E-state index contributed by atoms with van der Waals surface area (Å²) in [6, 6.07) is -4.71. The molecule has 0 atom stereocenters. The molecular formula is C11H10F12N2O. The number of nitrogens with zero attached hydrogens (tertiary/aromatic N) is 1. The molecule has 0 unspecified atom stereocenters. The molecule has 0 radical (unpaired) electrons. The third-order valence-electron chi connectivity index (χ3n) is 3.40. The molecule has 0 bridgehead atoms. The van der Waals surface area contributed by atoms with Gasteiger partial charge in [0.05, 0.1) is 6.61 Å². The molecule has 1 aliphatic heterocycles. The predicted molar refractivity (Wildman–Crippen MR) is 60.0 cm³/mol. The van der Waals surface area contributed by atoms with Crippen LogP contribution in [0.3, 0.4) is 0 Å². The molecule has 1 rings (SSSR count). The van der Waals surface area contributed by atoms with E-state index < -0.39 is 59.4 Å². The number of ether oxygens (including phenoxy) is 1. The molecule has 0 aromatic rings. The van der Waals surface area contributed by atoms with Crippen molar-refractivity contribution < 1.29 is 57.4 Å². The van der Waals surface area contributed by atoms with E-state index in [1.807, 2.05) is 0 Å². The van der Waals surface area contributed by atoms with Crippen LogP contribution in [0.2, 0.25) is 0 Å². The highest BCUT2D eigenvalue weighted by atomic mass is 19.4. The molecule has 3 nitrogen and oxygen atoms in total. The Morgan fingerprint density at radius 1 is 0.885 bits per heavy atom. The first-order valence-electron chi connectivity index (χ1n) is 6.50. The van der Waals surface area contributed by atoms with Crippen molar-refractivity contribution in [2.45, 2.75) is 50.1 Å². The lowest BCUT2D eigenvalue weighted by Crippen LogP contribution is -2.70. The Hall–Kier alpha value is -1.54. The van der Waals surface area contributed by atoms with E-state index in [4.69, 9.17) is 0 Å². The summed E-state index contributed by atoms with van der Waals surface area (Å²) in [5.41, 5.74) is -6.79. The van der Waals surface area contributed by atoms with Crippen LogP contribution in [0.25, 0.3) is 0 Å². The summed E-state index contributed by atoms with van der Waals surface area (Å²) in [5, 5.41) is -1.32. The largest absolute Gasteiger partial charge is 0.478 e. The Morgan fingerprint density at radius 3 is 1.54 bits per heavy atom. The van der Waals surface area contributed by atoms with E-state index in [2.05, 4.69) is 4.74 Å². The van der Waals surface area contributed by atoms with Crippen LogP contribution in [0.4, 0.5) is 52.7 Å². The van der Waals surface area contributed by atoms with Crippen LogP contribution in [0.15, 0.2) is 11.5 Å². The quantitative estimate of drug-likeness (QED) is 0.692. The van der Waals surface area contributed by atoms with Crippen molar-refractivity contribution in [1.29, 1.82) is 0 Å². The van der Waals surface area contributed by atoms with Gasteiger partial charge in [-0.05, 0) is 13.8 Å². The second kappa shape index (κ2) is 6.27. The minimum atomic E-state index is -6.33. The number of alkyl halides is 12. The number of hydrazine groups is 1. The van der Waals surface area contributed by atoms with E-state index in [-0.39, 0.29) is 6.92 Å². The SMILES string of the molecule is CCOC1=C(C)C(C(F)(F)F)(C(F)(F)F)NN1C(C(F)(F)F)C(F)(F)F. The highest BCUT2D eigenvalue weighted by Gasteiger charge is 2.78. The Balaban J connectivity index is 3.74. The highest BCUT2D eigenvalue weighted by Crippen LogP contribution is 2.53. The Bertz CT molecular complexity index is 527. The van der Waals surface area contributed by atoms with Crippen LogP contribution in [0.5, 0.6) is 0 Å². The van der Waals surface area contributed by atoms with Crippen molar-refractivity contribution in [3.63, 3.8) is 0 Å². The summed E-state index contributed by atoms with van der Waals surface area (Å²) in [7, 11) is 0. The Morgan fingerprint density at radius 2 is 1.27 bits per heavy atom. The third kappa shape index (κ3) is 3.49. The van der Waals surface area contributed by atoms with Crippen molar-refractivity contribution in [2.75, 3.05) is 6.61 Å². The van der Waals surface area contributed by atoms with Gasteiger partial charge < -0.3 is 4.74 Å². The van der Waals surface area contributed by atoms with Crippen molar-refractivity contribution >= 4 is 0 Å². The standard InChI is InChI=1S/C11H10F12N2O/c1-3-26-5-4(2)7(10(18,19)20,11(21,22)23)24-25(5)6(8(12,13)14)9(15,16)17/h6,24H,3H2,1-2H3. The molecule has 15 heteroatoms. The summed E-state index contributed by atoms with van der Waals surface area (Å²) in [6.45, 7) is 0.248. The molecular weight excluding hydrogens is 404 g/mol. The van der Waals surface area contributed by atoms with E-state index in [0.717, 1.165) is 6.92 Å². The molecule has 0 saturated heterocycles. The number of hydrogen-bond donors (Lipinski definition) is 1. The van der Waals surface area contributed by atoms with E-state index in [0.29, 0.717) is 5.43 Å². The van der Waals surface area contributed by atoms with E-state index in [9.17, 15) is 52.7 Å². The van der Waals surface area contributed by atoms with Crippen molar-refractivity contribution in [1.82, 2.24) is 10.4 Å². The highest BCUT2D eigenvalue weighted by molar-refractivity contribution is 5.33. The average molecular weight is 414 g/mol. The van der Waals surface area contributed by atoms with Crippen molar-refractivity contribution in [3.05, 3.63) is 11.5 Å². The summed E-state index contributed by atoms with van der Waals surface area (Å²) in [6.07, 6.45) is -25.2. The van der Waals surface area contributed by atoms with E-state index in [1.165, 1.54) is 0 Å². The molecule has 0 aromatic heterocycles. The smallest absolute Gasteiger partial charge is 0.421 e. The van der Waals surface area contributed by atoms with Gasteiger partial charge in [-0.15, -0.1) is 0 Å². The number of nitrogens with one attached hydrogen (secondary N) is 1. The van der Waals surface area contributed by atoms with Crippen LogP contribution in [0.1, 0.15) is 13.8 Å². The van der Waals surface area contributed by atoms with Crippen LogP contribution >= 0.6 is 0 Å². The lowest BCUT2D eigenvalue weighted by molar-refractivity contribution is -0.324. The molecule has 1 aliphatic rings. The van der Waals surface area contributed by atoms with E-state index >= 15 is 0 Å². The Kier molecular flexibility index (Phi) is 5.42. The Labute approximate surface area is 137 Å². The first-order valence-corrected chi connectivity index (χ1v) is 6.50. The van der Waals surface area contributed by atoms with Crippen LogP contribution in [-0.4, -0.2) is 47.9 Å². The second-order valence-electron chi connectivity index (χ2n) is 5.08. The zero-order valence-corrected chi connectivity index (χ0v) is 12.7. The molecule has 1 N–H and O–H groups in total. The fourth-order valence-corrected chi connectivity index (χ4v) is 2.34. The molecule has 0 saturated carbocycles. The van der Waals surface area contributed by atoms with Crippen LogP contribution < -0.4 is 5.43 Å². The second-order valence-corrected chi connectivity index (χ2v) is 5.08. The first-order chi connectivity index (χ1) is 11.3.